The number of hydrogen-bond donors (Lipinski definition) is 2. The maximum atomic E-state index is 12.5. The number of aromatic hydroxyl groups is 1. The van der Waals surface area contributed by atoms with Gasteiger partial charge < -0.3 is 19.6 Å². The number of nitrogens with one attached hydrogen (secondary N) is 1. The molecular formula is C23H23NO4. The molecule has 1 fully saturated rings. The van der Waals surface area contributed by atoms with Gasteiger partial charge in [0, 0.05) is 12.6 Å². The monoisotopic (exact) mass is 377 g/mol. The fourth-order valence-electron chi connectivity index (χ4n) is 3.68. The first-order valence-electron chi connectivity index (χ1n) is 9.57. The highest BCUT2D eigenvalue weighted by Gasteiger charge is 2.24. The van der Waals surface area contributed by atoms with Crippen molar-refractivity contribution in [3.8, 4) is 28.2 Å². The maximum absolute atomic E-state index is 12.5. The molecule has 28 heavy (non-hydrogen) atoms. The average molecular weight is 377 g/mol. The molecular weight excluding hydrogens is 354 g/mol. The fourth-order valence-corrected chi connectivity index (χ4v) is 3.68. The Hall–Kier alpha value is -3.21. The van der Waals surface area contributed by atoms with Crippen molar-refractivity contribution < 1.29 is 19.1 Å². The van der Waals surface area contributed by atoms with Crippen LogP contribution >= 0.6 is 0 Å². The van der Waals surface area contributed by atoms with E-state index in [0.717, 1.165) is 31.2 Å². The van der Waals surface area contributed by atoms with Crippen molar-refractivity contribution >= 4 is 11.9 Å². The lowest BCUT2D eigenvalue weighted by molar-refractivity contribution is 0.0318. The molecule has 1 aromatic heterocycles. The standard InChI is InChI=1S/C23H23NO4/c1-24-22-19(20(25)21(28-22)15-8-3-2-4-9-15)16-10-7-11-17(14-16)23(26)27-18-12-5-6-13-18/h2-4,7-11,14,18,24-25H,5-6,12-13H2,1H3. The van der Waals surface area contributed by atoms with Crippen molar-refractivity contribution in [1.29, 1.82) is 0 Å². The van der Waals surface area contributed by atoms with Gasteiger partial charge in [-0.05, 0) is 43.4 Å². The second-order valence-electron chi connectivity index (χ2n) is 6.99. The first-order valence-corrected chi connectivity index (χ1v) is 9.57. The van der Waals surface area contributed by atoms with Gasteiger partial charge in [-0.25, -0.2) is 4.79 Å². The zero-order valence-electron chi connectivity index (χ0n) is 15.8. The summed E-state index contributed by atoms with van der Waals surface area (Å²) in [6, 6.07) is 16.5. The molecule has 5 nitrogen and oxygen atoms in total. The summed E-state index contributed by atoms with van der Waals surface area (Å²) in [5.41, 5.74) is 2.46. The summed E-state index contributed by atoms with van der Waals surface area (Å²) in [5, 5.41) is 13.8. The molecule has 0 radical (unpaired) electrons. The van der Waals surface area contributed by atoms with Crippen molar-refractivity contribution in [1.82, 2.24) is 0 Å². The number of ether oxygens (including phenoxy) is 1. The summed E-state index contributed by atoms with van der Waals surface area (Å²) in [7, 11) is 1.73. The third-order valence-electron chi connectivity index (χ3n) is 5.11. The van der Waals surface area contributed by atoms with Gasteiger partial charge in [0.1, 0.15) is 6.10 Å². The molecule has 1 heterocycles. The van der Waals surface area contributed by atoms with Crippen molar-refractivity contribution in [3.05, 3.63) is 60.2 Å². The van der Waals surface area contributed by atoms with E-state index in [-0.39, 0.29) is 17.8 Å². The summed E-state index contributed by atoms with van der Waals surface area (Å²) in [6.07, 6.45) is 4.08. The highest BCUT2D eigenvalue weighted by Crippen LogP contribution is 2.46. The SMILES string of the molecule is CNc1oc(-c2ccccc2)c(O)c1-c1cccc(C(=O)OC2CCCC2)c1. The molecule has 0 amide bonds. The van der Waals surface area contributed by atoms with Crippen LogP contribution in [0.15, 0.2) is 59.0 Å². The third kappa shape index (κ3) is 3.48. The van der Waals surface area contributed by atoms with Crippen LogP contribution in [0.1, 0.15) is 36.0 Å². The third-order valence-corrected chi connectivity index (χ3v) is 5.11. The van der Waals surface area contributed by atoms with Crippen LogP contribution < -0.4 is 5.32 Å². The second-order valence-corrected chi connectivity index (χ2v) is 6.99. The number of furan rings is 1. The van der Waals surface area contributed by atoms with Gasteiger partial charge in [-0.1, -0.05) is 42.5 Å². The number of hydrogen-bond acceptors (Lipinski definition) is 5. The number of carbonyl (C=O) groups excluding carboxylic acids is 1. The second kappa shape index (κ2) is 7.80. The van der Waals surface area contributed by atoms with E-state index < -0.39 is 0 Å². The molecule has 4 rings (SSSR count). The lowest BCUT2D eigenvalue weighted by Gasteiger charge is -2.12. The van der Waals surface area contributed by atoms with Crippen molar-refractivity contribution in [2.24, 2.45) is 0 Å². The zero-order valence-corrected chi connectivity index (χ0v) is 15.8. The summed E-state index contributed by atoms with van der Waals surface area (Å²) in [6.45, 7) is 0. The van der Waals surface area contributed by atoms with Gasteiger partial charge in [-0.2, -0.15) is 0 Å². The predicted octanol–water partition coefficient (Wildman–Crippen LogP) is 5.46. The summed E-state index contributed by atoms with van der Waals surface area (Å²) in [5.74, 6) is 0.541. The molecule has 0 bridgehead atoms. The Morgan fingerprint density at radius 1 is 1.07 bits per heavy atom. The fraction of sp³-hybridized carbons (Fsp3) is 0.261. The molecule has 1 aliphatic carbocycles. The van der Waals surface area contributed by atoms with Crippen molar-refractivity contribution in [2.45, 2.75) is 31.8 Å². The number of esters is 1. The highest BCUT2D eigenvalue weighted by molar-refractivity contribution is 5.94. The van der Waals surface area contributed by atoms with E-state index in [0.29, 0.717) is 28.3 Å². The highest BCUT2D eigenvalue weighted by atomic mass is 16.5. The van der Waals surface area contributed by atoms with Crippen LogP contribution in [0.25, 0.3) is 22.5 Å². The van der Waals surface area contributed by atoms with Gasteiger partial charge in [0.05, 0.1) is 11.1 Å². The van der Waals surface area contributed by atoms with Crippen LogP contribution in [0, 0.1) is 0 Å². The van der Waals surface area contributed by atoms with Gasteiger partial charge >= 0.3 is 5.97 Å². The Balaban J connectivity index is 1.69. The first-order chi connectivity index (χ1) is 13.7. The minimum Gasteiger partial charge on any atom is -0.504 e. The Labute approximate surface area is 164 Å². The molecule has 3 aromatic rings. The zero-order chi connectivity index (χ0) is 19.5. The largest absolute Gasteiger partial charge is 0.504 e. The van der Waals surface area contributed by atoms with E-state index in [1.54, 1.807) is 25.2 Å². The molecule has 0 unspecified atom stereocenters. The van der Waals surface area contributed by atoms with Crippen LogP contribution in [-0.4, -0.2) is 24.2 Å². The van der Waals surface area contributed by atoms with Gasteiger partial charge in [-0.15, -0.1) is 0 Å². The van der Waals surface area contributed by atoms with Gasteiger partial charge in [0.2, 0.25) is 5.88 Å². The summed E-state index contributed by atoms with van der Waals surface area (Å²) < 4.78 is 11.5. The predicted molar refractivity (Wildman–Crippen MR) is 108 cm³/mol. The van der Waals surface area contributed by atoms with Gasteiger partial charge in [0.15, 0.2) is 11.5 Å². The average Bonchev–Trinajstić information content (AvgIpc) is 3.36. The van der Waals surface area contributed by atoms with Gasteiger partial charge in [-0.3, -0.25) is 0 Å². The van der Waals surface area contributed by atoms with Crippen molar-refractivity contribution in [2.75, 3.05) is 12.4 Å². The Morgan fingerprint density at radius 3 is 2.50 bits per heavy atom. The topological polar surface area (TPSA) is 71.7 Å². The molecule has 2 aromatic carbocycles. The van der Waals surface area contributed by atoms with Crippen LogP contribution in [0.4, 0.5) is 5.88 Å². The number of carbonyl (C=O) groups is 1. The Morgan fingerprint density at radius 2 is 1.79 bits per heavy atom. The van der Waals surface area contributed by atoms with Gasteiger partial charge in [0.25, 0.3) is 0 Å². The minimum atomic E-state index is -0.328. The molecule has 1 saturated carbocycles. The lowest BCUT2D eigenvalue weighted by atomic mass is 10.0. The first kappa shape index (κ1) is 18.2. The molecule has 1 aliphatic rings. The van der Waals surface area contributed by atoms with Crippen LogP contribution in [0.2, 0.25) is 0 Å². The van der Waals surface area contributed by atoms with E-state index >= 15 is 0 Å². The maximum Gasteiger partial charge on any atom is 0.338 e. The molecule has 0 spiro atoms. The normalized spacial score (nSPS) is 14.2. The quantitative estimate of drug-likeness (QED) is 0.578. The molecule has 0 atom stereocenters. The molecule has 2 N–H and O–H groups in total. The van der Waals surface area contributed by atoms with Crippen LogP contribution in [-0.2, 0) is 4.74 Å². The van der Waals surface area contributed by atoms with Crippen molar-refractivity contribution in [3.63, 3.8) is 0 Å². The molecule has 5 heteroatoms. The Bertz CT molecular complexity index is 972. The smallest absolute Gasteiger partial charge is 0.338 e. The lowest BCUT2D eigenvalue weighted by Crippen LogP contribution is -2.14. The number of rotatable bonds is 5. The molecule has 0 saturated heterocycles. The molecule has 0 aliphatic heterocycles. The number of benzene rings is 2. The van der Waals surface area contributed by atoms with E-state index in [4.69, 9.17) is 9.15 Å². The van der Waals surface area contributed by atoms with E-state index in [1.807, 2.05) is 36.4 Å². The molecule has 144 valence electrons. The van der Waals surface area contributed by atoms with Crippen LogP contribution in [0.5, 0.6) is 5.75 Å². The minimum absolute atomic E-state index is 0.0102. The van der Waals surface area contributed by atoms with E-state index in [1.165, 1.54) is 0 Å². The number of anilines is 1. The van der Waals surface area contributed by atoms with E-state index in [9.17, 15) is 9.90 Å². The van der Waals surface area contributed by atoms with E-state index in [2.05, 4.69) is 5.32 Å². The summed E-state index contributed by atoms with van der Waals surface area (Å²) in [4.78, 5) is 12.5. The van der Waals surface area contributed by atoms with Crippen LogP contribution in [0.3, 0.4) is 0 Å². The summed E-state index contributed by atoms with van der Waals surface area (Å²) >= 11 is 0. The Kier molecular flexibility index (Phi) is 5.06.